The number of amides is 1. The molecular weight excluding hydrogens is 330 g/mol. The maximum Gasteiger partial charge on any atom is 0.267 e. The van der Waals surface area contributed by atoms with Crippen molar-refractivity contribution in [3.8, 4) is 5.75 Å². The summed E-state index contributed by atoms with van der Waals surface area (Å²) in [4.78, 5) is 26.6. The topological polar surface area (TPSA) is 71.2 Å². The zero-order valence-corrected chi connectivity index (χ0v) is 13.0. The van der Waals surface area contributed by atoms with Gasteiger partial charge < -0.3 is 15.0 Å². The number of aromatic amines is 1. The summed E-state index contributed by atoms with van der Waals surface area (Å²) in [5.41, 5.74) is -0.210. The molecule has 3 aromatic rings. The smallest absolute Gasteiger partial charge is 0.267 e. The molecule has 3 rings (SSSR count). The number of carbonyl (C=O) groups is 1. The van der Waals surface area contributed by atoms with Crippen LogP contribution in [0.3, 0.4) is 0 Å². The van der Waals surface area contributed by atoms with Crippen molar-refractivity contribution >= 4 is 16.7 Å². The number of hydrogen-bond acceptors (Lipinski definition) is 3. The highest BCUT2D eigenvalue weighted by Crippen LogP contribution is 2.15. The van der Waals surface area contributed by atoms with Crippen LogP contribution in [0.4, 0.5) is 8.78 Å². The average molecular weight is 344 g/mol. The highest BCUT2D eigenvalue weighted by atomic mass is 19.2. The van der Waals surface area contributed by atoms with Crippen LogP contribution in [0.15, 0.2) is 53.3 Å². The molecule has 128 valence electrons. The van der Waals surface area contributed by atoms with Gasteiger partial charge in [0.05, 0.1) is 6.54 Å². The Bertz CT molecular complexity index is 985. The van der Waals surface area contributed by atoms with E-state index in [0.717, 1.165) is 12.1 Å². The van der Waals surface area contributed by atoms with Gasteiger partial charge in [0.15, 0.2) is 11.6 Å². The molecule has 7 heteroatoms. The molecule has 2 N–H and O–H groups in total. The standard InChI is InChI=1S/C18H14F2N2O3/c19-14-6-5-12(10-15(14)20)25-8-7-21-18(24)16-9-11-3-1-2-4-13(11)17(23)22-16/h1-6,9-10H,7-8H2,(H,21,24)(H,22,23). The fourth-order valence-corrected chi connectivity index (χ4v) is 2.33. The van der Waals surface area contributed by atoms with E-state index in [9.17, 15) is 18.4 Å². The van der Waals surface area contributed by atoms with Crippen LogP contribution in [-0.4, -0.2) is 24.0 Å². The summed E-state index contributed by atoms with van der Waals surface area (Å²) in [7, 11) is 0. The first-order valence-corrected chi connectivity index (χ1v) is 7.53. The second-order valence-electron chi connectivity index (χ2n) is 5.28. The van der Waals surface area contributed by atoms with E-state index in [2.05, 4.69) is 10.3 Å². The lowest BCUT2D eigenvalue weighted by atomic mass is 10.1. The second kappa shape index (κ2) is 7.12. The third kappa shape index (κ3) is 3.82. The summed E-state index contributed by atoms with van der Waals surface area (Å²) in [5, 5.41) is 3.75. The summed E-state index contributed by atoms with van der Waals surface area (Å²) in [6, 6.07) is 11.7. The molecule has 0 atom stereocenters. The predicted octanol–water partition coefficient (Wildman–Crippen LogP) is 2.62. The molecule has 0 saturated carbocycles. The molecule has 0 saturated heterocycles. The van der Waals surface area contributed by atoms with Crippen LogP contribution in [-0.2, 0) is 0 Å². The molecule has 0 spiro atoms. The van der Waals surface area contributed by atoms with Gasteiger partial charge in [-0.05, 0) is 29.7 Å². The van der Waals surface area contributed by atoms with Crippen molar-refractivity contribution in [3.63, 3.8) is 0 Å². The van der Waals surface area contributed by atoms with E-state index >= 15 is 0 Å². The lowest BCUT2D eigenvalue weighted by Gasteiger charge is -2.08. The lowest BCUT2D eigenvalue weighted by molar-refractivity contribution is 0.0942. The number of benzene rings is 2. The van der Waals surface area contributed by atoms with Gasteiger partial charge in [-0.2, -0.15) is 0 Å². The Kier molecular flexibility index (Phi) is 4.74. The van der Waals surface area contributed by atoms with E-state index in [4.69, 9.17) is 4.74 Å². The summed E-state index contributed by atoms with van der Waals surface area (Å²) >= 11 is 0. The Labute approximate surface area is 141 Å². The van der Waals surface area contributed by atoms with Crippen LogP contribution < -0.4 is 15.6 Å². The van der Waals surface area contributed by atoms with E-state index < -0.39 is 17.5 Å². The van der Waals surface area contributed by atoms with Crippen molar-refractivity contribution in [3.05, 3.63) is 76.2 Å². The van der Waals surface area contributed by atoms with Crippen molar-refractivity contribution in [1.29, 1.82) is 0 Å². The van der Waals surface area contributed by atoms with Gasteiger partial charge >= 0.3 is 0 Å². The Morgan fingerprint density at radius 1 is 1.08 bits per heavy atom. The normalized spacial score (nSPS) is 10.6. The molecule has 0 aliphatic carbocycles. The fourth-order valence-electron chi connectivity index (χ4n) is 2.33. The number of carbonyl (C=O) groups excluding carboxylic acids is 1. The Morgan fingerprint density at radius 3 is 2.68 bits per heavy atom. The quantitative estimate of drug-likeness (QED) is 0.699. The molecule has 25 heavy (non-hydrogen) atoms. The van der Waals surface area contributed by atoms with Crippen LogP contribution in [0.1, 0.15) is 10.5 Å². The van der Waals surface area contributed by atoms with Gasteiger partial charge in [0.1, 0.15) is 18.1 Å². The van der Waals surface area contributed by atoms with E-state index in [1.54, 1.807) is 30.3 Å². The number of pyridine rings is 1. The first-order chi connectivity index (χ1) is 12.0. The summed E-state index contributed by atoms with van der Waals surface area (Å²) in [6.07, 6.45) is 0. The van der Waals surface area contributed by atoms with E-state index in [-0.39, 0.29) is 30.2 Å². The van der Waals surface area contributed by atoms with Crippen LogP contribution in [0.25, 0.3) is 10.8 Å². The number of nitrogens with one attached hydrogen (secondary N) is 2. The monoisotopic (exact) mass is 344 g/mol. The second-order valence-corrected chi connectivity index (χ2v) is 5.28. The number of fused-ring (bicyclic) bond motifs is 1. The Morgan fingerprint density at radius 2 is 1.88 bits per heavy atom. The molecule has 1 aromatic heterocycles. The van der Waals surface area contributed by atoms with Gasteiger partial charge in [0.2, 0.25) is 0 Å². The van der Waals surface area contributed by atoms with Gasteiger partial charge in [0, 0.05) is 11.5 Å². The van der Waals surface area contributed by atoms with Crippen LogP contribution >= 0.6 is 0 Å². The molecule has 5 nitrogen and oxygen atoms in total. The number of hydrogen-bond donors (Lipinski definition) is 2. The van der Waals surface area contributed by atoms with E-state index in [0.29, 0.717) is 10.8 Å². The van der Waals surface area contributed by atoms with Crippen LogP contribution in [0, 0.1) is 11.6 Å². The molecule has 1 heterocycles. The van der Waals surface area contributed by atoms with E-state index in [1.165, 1.54) is 6.07 Å². The predicted molar refractivity (Wildman–Crippen MR) is 88.8 cm³/mol. The van der Waals surface area contributed by atoms with Gasteiger partial charge in [-0.1, -0.05) is 18.2 Å². The molecule has 0 bridgehead atoms. The van der Waals surface area contributed by atoms with Crippen LogP contribution in [0.2, 0.25) is 0 Å². The first kappa shape index (κ1) is 16.6. The van der Waals surface area contributed by atoms with Gasteiger partial charge in [0.25, 0.3) is 11.5 Å². The van der Waals surface area contributed by atoms with Crippen LogP contribution in [0.5, 0.6) is 5.75 Å². The third-order valence-corrected chi connectivity index (χ3v) is 3.55. The number of halogens is 2. The number of aromatic nitrogens is 1. The molecule has 0 fully saturated rings. The lowest BCUT2D eigenvalue weighted by Crippen LogP contribution is -2.30. The highest BCUT2D eigenvalue weighted by Gasteiger charge is 2.09. The van der Waals surface area contributed by atoms with Crippen molar-refractivity contribution < 1.29 is 18.3 Å². The first-order valence-electron chi connectivity index (χ1n) is 7.53. The van der Waals surface area contributed by atoms with Gasteiger partial charge in [-0.15, -0.1) is 0 Å². The Hall–Kier alpha value is -3.22. The molecule has 1 amide bonds. The van der Waals surface area contributed by atoms with Gasteiger partial charge in [-0.3, -0.25) is 9.59 Å². The molecule has 2 aromatic carbocycles. The minimum absolute atomic E-state index is 0.0641. The number of ether oxygens (including phenoxy) is 1. The van der Waals surface area contributed by atoms with E-state index in [1.807, 2.05) is 0 Å². The van der Waals surface area contributed by atoms with Gasteiger partial charge in [-0.25, -0.2) is 8.78 Å². The minimum atomic E-state index is -1.00. The number of rotatable bonds is 5. The highest BCUT2D eigenvalue weighted by molar-refractivity contribution is 5.96. The van der Waals surface area contributed by atoms with Crippen molar-refractivity contribution in [2.45, 2.75) is 0 Å². The van der Waals surface area contributed by atoms with Crippen molar-refractivity contribution in [2.75, 3.05) is 13.2 Å². The molecule has 0 aliphatic rings. The Balaban J connectivity index is 1.59. The summed E-state index contributed by atoms with van der Waals surface area (Å²) in [5.74, 6) is -2.26. The summed E-state index contributed by atoms with van der Waals surface area (Å²) < 4.78 is 31.1. The molecule has 0 aliphatic heterocycles. The van der Waals surface area contributed by atoms with Crippen molar-refractivity contribution in [1.82, 2.24) is 10.3 Å². The SMILES string of the molecule is O=C(NCCOc1ccc(F)c(F)c1)c1cc2ccccc2c(=O)[nH]1. The fraction of sp³-hybridized carbons (Fsp3) is 0.111. The van der Waals surface area contributed by atoms with Crippen molar-refractivity contribution in [2.24, 2.45) is 0 Å². The average Bonchev–Trinajstić information content (AvgIpc) is 2.61. The zero-order valence-electron chi connectivity index (χ0n) is 13.0. The maximum atomic E-state index is 13.0. The number of H-pyrrole nitrogens is 1. The molecular formula is C18H14F2N2O3. The molecule has 0 radical (unpaired) electrons. The third-order valence-electron chi connectivity index (χ3n) is 3.55. The maximum absolute atomic E-state index is 13.0. The largest absolute Gasteiger partial charge is 0.492 e. The zero-order chi connectivity index (χ0) is 17.8. The molecule has 0 unspecified atom stereocenters. The summed E-state index contributed by atoms with van der Waals surface area (Å²) in [6.45, 7) is 0.196. The minimum Gasteiger partial charge on any atom is -0.492 e.